The van der Waals surface area contributed by atoms with Gasteiger partial charge in [-0.1, -0.05) is 127 Å². The highest BCUT2D eigenvalue weighted by atomic mass is 16.6. The average Bonchev–Trinajstić information content (AvgIpc) is 3.93. The molecule has 0 atom stereocenters. The van der Waals surface area contributed by atoms with Crippen molar-refractivity contribution in [2.45, 2.75) is 18.3 Å². The molecule has 59 heavy (non-hydrogen) atoms. The first-order valence-electron chi connectivity index (χ1n) is 20.4. The van der Waals surface area contributed by atoms with Gasteiger partial charge in [-0.2, -0.15) is 0 Å². The van der Waals surface area contributed by atoms with Gasteiger partial charge in [0.25, 0.3) is 0 Å². The second kappa shape index (κ2) is 12.2. The predicted octanol–water partition coefficient (Wildman–Crippen LogP) is 15.1. The second-order valence-electron chi connectivity index (χ2n) is 15.8. The van der Waals surface area contributed by atoms with Crippen molar-refractivity contribution in [3.63, 3.8) is 0 Å². The van der Waals surface area contributed by atoms with Crippen molar-refractivity contribution in [1.29, 1.82) is 0 Å². The molecule has 1 aliphatic heterocycles. The van der Waals surface area contributed by atoms with E-state index >= 15 is 0 Å². The van der Waals surface area contributed by atoms with Crippen LogP contribution in [0.15, 0.2) is 198 Å². The summed E-state index contributed by atoms with van der Waals surface area (Å²) in [5, 5.41) is 2.24. The van der Waals surface area contributed by atoms with Gasteiger partial charge in [0, 0.05) is 27.7 Å². The monoisotopic (exact) mass is 757 g/mol. The number of fused-ring (bicyclic) bond motifs is 15. The smallest absolute Gasteiger partial charge is 0.194 e. The van der Waals surface area contributed by atoms with Crippen LogP contribution in [0.1, 0.15) is 35.1 Å². The number of hydrogen-bond acceptors (Lipinski definition) is 4. The average molecular weight is 758 g/mol. The van der Waals surface area contributed by atoms with Gasteiger partial charge in [-0.25, -0.2) is 0 Å². The topological polar surface area (TPSA) is 34.8 Å². The fourth-order valence-electron chi connectivity index (χ4n) is 10.4. The number of allylic oxidation sites excluding steroid dienone is 4. The lowest BCUT2D eigenvalue weighted by atomic mass is 9.68. The molecule has 2 heterocycles. The minimum absolute atomic E-state index is 0.395. The summed E-state index contributed by atoms with van der Waals surface area (Å²) in [6, 6.07) is 62.5. The third-order valence-corrected chi connectivity index (χ3v) is 12.8. The Morgan fingerprint density at radius 3 is 2.02 bits per heavy atom. The predicted molar refractivity (Wildman–Crippen MR) is 237 cm³/mol. The summed E-state index contributed by atoms with van der Waals surface area (Å²) >= 11 is 0. The molecule has 0 unspecified atom stereocenters. The molecule has 0 amide bonds. The second-order valence-corrected chi connectivity index (χ2v) is 15.8. The third-order valence-electron chi connectivity index (χ3n) is 12.8. The molecule has 4 nitrogen and oxygen atoms in total. The van der Waals surface area contributed by atoms with Crippen molar-refractivity contribution in [2.75, 3.05) is 4.90 Å². The van der Waals surface area contributed by atoms with Crippen molar-refractivity contribution < 1.29 is 13.9 Å². The molecule has 0 bridgehead atoms. The van der Waals surface area contributed by atoms with Crippen LogP contribution in [-0.4, -0.2) is 0 Å². The molecular formula is C55H35NO3. The molecule has 4 aliphatic rings. The molecule has 1 spiro atoms. The Kier molecular flexibility index (Phi) is 6.74. The Bertz CT molecular complexity index is 3230. The first kappa shape index (κ1) is 32.5. The number of benzene rings is 8. The van der Waals surface area contributed by atoms with Gasteiger partial charge in [0.05, 0.1) is 11.1 Å². The Labute approximate surface area is 341 Å². The van der Waals surface area contributed by atoms with Crippen molar-refractivity contribution in [2.24, 2.45) is 0 Å². The highest BCUT2D eigenvalue weighted by molar-refractivity contribution is 6.06. The van der Waals surface area contributed by atoms with Crippen LogP contribution in [0.5, 0.6) is 23.0 Å². The van der Waals surface area contributed by atoms with E-state index in [1.165, 1.54) is 39.0 Å². The maximum Gasteiger partial charge on any atom is 0.194 e. The van der Waals surface area contributed by atoms with E-state index in [-0.39, 0.29) is 0 Å². The van der Waals surface area contributed by atoms with Gasteiger partial charge in [0.1, 0.15) is 11.2 Å². The summed E-state index contributed by atoms with van der Waals surface area (Å²) in [5.41, 5.74) is 17.0. The summed E-state index contributed by atoms with van der Waals surface area (Å²) in [5.74, 6) is 2.87. The van der Waals surface area contributed by atoms with Gasteiger partial charge in [-0.05, 0) is 124 Å². The lowest BCUT2D eigenvalue weighted by Gasteiger charge is -2.34. The highest BCUT2D eigenvalue weighted by Gasteiger charge is 2.54. The van der Waals surface area contributed by atoms with Crippen molar-refractivity contribution in [3.05, 3.63) is 216 Å². The maximum absolute atomic E-state index is 7.32. The van der Waals surface area contributed by atoms with E-state index in [9.17, 15) is 0 Å². The number of anilines is 3. The van der Waals surface area contributed by atoms with Crippen LogP contribution >= 0.6 is 0 Å². The summed E-state index contributed by atoms with van der Waals surface area (Å²) in [6.45, 7) is 0. The van der Waals surface area contributed by atoms with Crippen molar-refractivity contribution >= 4 is 44.6 Å². The van der Waals surface area contributed by atoms with Crippen LogP contribution in [0.25, 0.3) is 49.8 Å². The largest absolute Gasteiger partial charge is 0.456 e. The quantitative estimate of drug-likeness (QED) is 0.179. The lowest BCUT2D eigenvalue weighted by Crippen LogP contribution is -2.27. The van der Waals surface area contributed by atoms with Crippen LogP contribution in [0, 0.1) is 0 Å². The molecular weight excluding hydrogens is 723 g/mol. The molecule has 8 aromatic carbocycles. The molecule has 0 saturated carbocycles. The lowest BCUT2D eigenvalue weighted by molar-refractivity contribution is 0.359. The van der Waals surface area contributed by atoms with Crippen LogP contribution in [0.2, 0.25) is 0 Å². The van der Waals surface area contributed by atoms with Crippen LogP contribution < -0.4 is 14.4 Å². The Balaban J connectivity index is 0.951. The summed E-state index contributed by atoms with van der Waals surface area (Å²) in [6.07, 6.45) is 6.62. The Morgan fingerprint density at radius 1 is 0.492 bits per heavy atom. The molecule has 1 aromatic heterocycles. The normalized spacial score (nSPS) is 14.9. The fourth-order valence-corrected chi connectivity index (χ4v) is 10.4. The number of nitrogens with zero attached hydrogens (tertiary/aromatic N) is 1. The third kappa shape index (κ3) is 4.49. The molecule has 0 fully saturated rings. The van der Waals surface area contributed by atoms with Gasteiger partial charge in [-0.15, -0.1) is 0 Å². The number of furan rings is 1. The van der Waals surface area contributed by atoms with Crippen molar-refractivity contribution in [1.82, 2.24) is 0 Å². The standard InChI is InChI=1S/C55H35NO3/c1-2-13-36(14-3-1)56(37-28-25-34(26-29-37)35-27-31-49-42(33-35)40-17-7-11-23-48(40)57-49)47-22-12-24-50-53(47)59-54-51(58-50)32-30-46-52(54)41-18-6-10-21-45(41)55(46)43-19-8-4-15-38(43)39-16-5-9-20-44(39)55/h1-9,11-20,22-33H,10,21H2. The van der Waals surface area contributed by atoms with Gasteiger partial charge in [-0.3, -0.25) is 0 Å². The van der Waals surface area contributed by atoms with E-state index in [1.807, 2.05) is 18.2 Å². The van der Waals surface area contributed by atoms with E-state index in [2.05, 4.69) is 175 Å². The van der Waals surface area contributed by atoms with Crippen LogP contribution in [0.3, 0.4) is 0 Å². The van der Waals surface area contributed by atoms with Gasteiger partial charge >= 0.3 is 0 Å². The minimum atomic E-state index is -0.395. The molecule has 278 valence electrons. The van der Waals surface area contributed by atoms with E-state index in [1.54, 1.807) is 0 Å². The first-order chi connectivity index (χ1) is 29.3. The summed E-state index contributed by atoms with van der Waals surface area (Å²) < 4.78 is 20.3. The number of rotatable bonds is 4. The molecule has 0 radical (unpaired) electrons. The zero-order valence-corrected chi connectivity index (χ0v) is 32.0. The molecule has 9 aromatic rings. The molecule has 13 rings (SSSR count). The fraction of sp³-hybridized carbons (Fsp3) is 0.0545. The van der Waals surface area contributed by atoms with E-state index in [0.29, 0.717) is 11.5 Å². The molecule has 4 heteroatoms. The van der Waals surface area contributed by atoms with Crippen LogP contribution in [0.4, 0.5) is 17.1 Å². The van der Waals surface area contributed by atoms with Gasteiger partial charge in [0.15, 0.2) is 23.0 Å². The zero-order valence-electron chi connectivity index (χ0n) is 32.0. The summed E-state index contributed by atoms with van der Waals surface area (Å²) in [4.78, 5) is 2.27. The molecule has 0 saturated heterocycles. The van der Waals surface area contributed by atoms with Crippen molar-refractivity contribution in [3.8, 4) is 45.3 Å². The number of hydrogen-bond donors (Lipinski definition) is 0. The zero-order chi connectivity index (χ0) is 38.7. The Morgan fingerprint density at radius 2 is 1.19 bits per heavy atom. The summed E-state index contributed by atoms with van der Waals surface area (Å²) in [7, 11) is 0. The maximum atomic E-state index is 7.32. The highest BCUT2D eigenvalue weighted by Crippen LogP contribution is 2.67. The van der Waals surface area contributed by atoms with Gasteiger partial charge in [0.2, 0.25) is 0 Å². The van der Waals surface area contributed by atoms with Gasteiger partial charge < -0.3 is 18.8 Å². The first-order valence-corrected chi connectivity index (χ1v) is 20.4. The van der Waals surface area contributed by atoms with E-state index in [4.69, 9.17) is 13.9 Å². The van der Waals surface area contributed by atoms with E-state index < -0.39 is 5.41 Å². The molecule has 0 N–H and O–H groups in total. The van der Waals surface area contributed by atoms with E-state index in [0.717, 1.165) is 80.0 Å². The minimum Gasteiger partial charge on any atom is -0.456 e. The number of ether oxygens (including phenoxy) is 2. The Hall–Kier alpha value is -7.56. The SMILES string of the molecule is C1=CC2=C(CC1)C1(c3ccccc3-c3ccccc31)c1ccc3c(c12)Oc1c(cccc1N(c1ccccc1)c1ccc(-c2ccc4oc5ccccc5c4c2)cc1)O3. The number of para-hydroxylation sites is 3. The van der Waals surface area contributed by atoms with Crippen LogP contribution in [-0.2, 0) is 5.41 Å². The molecule has 3 aliphatic carbocycles.